The van der Waals surface area contributed by atoms with Crippen LogP contribution in [0.25, 0.3) is 0 Å². The van der Waals surface area contributed by atoms with Crippen molar-refractivity contribution in [3.8, 4) is 0 Å². The summed E-state index contributed by atoms with van der Waals surface area (Å²) in [6.45, 7) is 3.07. The van der Waals surface area contributed by atoms with E-state index in [0.29, 0.717) is 12.4 Å². The number of anilines is 1. The van der Waals surface area contributed by atoms with Crippen molar-refractivity contribution in [3.05, 3.63) is 18.5 Å². The second-order valence-corrected chi connectivity index (χ2v) is 3.92. The molecular formula is C11H16N4O. The van der Waals surface area contributed by atoms with Crippen molar-refractivity contribution in [3.63, 3.8) is 0 Å². The number of carbonyl (C=O) groups excluding carboxylic acids is 1. The largest absolute Gasteiger partial charge is 0.303 e. The fourth-order valence-corrected chi connectivity index (χ4v) is 1.82. The van der Waals surface area contributed by atoms with Gasteiger partial charge in [-0.2, -0.15) is 0 Å². The molecule has 5 heteroatoms. The highest BCUT2D eigenvalue weighted by molar-refractivity contribution is 5.88. The van der Waals surface area contributed by atoms with E-state index in [1.807, 2.05) is 0 Å². The summed E-state index contributed by atoms with van der Waals surface area (Å²) >= 11 is 0. The minimum Gasteiger partial charge on any atom is -0.303 e. The van der Waals surface area contributed by atoms with Gasteiger partial charge in [-0.1, -0.05) is 0 Å². The van der Waals surface area contributed by atoms with Gasteiger partial charge in [-0.15, -0.1) is 0 Å². The van der Waals surface area contributed by atoms with E-state index < -0.39 is 0 Å². The molecule has 2 rings (SSSR count). The molecule has 1 N–H and O–H groups in total. The minimum absolute atomic E-state index is 0.0156. The first-order valence-electron chi connectivity index (χ1n) is 5.64. The Morgan fingerprint density at radius 1 is 1.31 bits per heavy atom. The number of rotatable bonds is 4. The summed E-state index contributed by atoms with van der Waals surface area (Å²) in [4.78, 5) is 21.7. The molecule has 0 bridgehead atoms. The summed E-state index contributed by atoms with van der Waals surface area (Å²) < 4.78 is 0. The van der Waals surface area contributed by atoms with Gasteiger partial charge in [0.15, 0.2) is 0 Å². The van der Waals surface area contributed by atoms with Gasteiger partial charge < -0.3 is 4.90 Å². The van der Waals surface area contributed by atoms with Gasteiger partial charge >= 0.3 is 0 Å². The number of amides is 1. The predicted octanol–water partition coefficient (Wildman–Crippen LogP) is 0.901. The van der Waals surface area contributed by atoms with Crippen molar-refractivity contribution < 1.29 is 4.79 Å². The second-order valence-electron chi connectivity index (χ2n) is 3.92. The molecule has 86 valence electrons. The third kappa shape index (κ3) is 3.27. The molecule has 16 heavy (non-hydrogen) atoms. The van der Waals surface area contributed by atoms with Crippen molar-refractivity contribution >= 4 is 11.9 Å². The first-order valence-corrected chi connectivity index (χ1v) is 5.64. The summed E-state index contributed by atoms with van der Waals surface area (Å²) in [5, 5.41) is 2.68. The summed E-state index contributed by atoms with van der Waals surface area (Å²) in [6, 6.07) is 1.72. The van der Waals surface area contributed by atoms with E-state index in [1.54, 1.807) is 18.5 Å². The van der Waals surface area contributed by atoms with E-state index in [2.05, 4.69) is 20.2 Å². The summed E-state index contributed by atoms with van der Waals surface area (Å²) in [5.41, 5.74) is 0. The Bertz CT molecular complexity index is 335. The lowest BCUT2D eigenvalue weighted by Crippen LogP contribution is -2.25. The van der Waals surface area contributed by atoms with Crippen LogP contribution in [0.3, 0.4) is 0 Å². The van der Waals surface area contributed by atoms with E-state index >= 15 is 0 Å². The van der Waals surface area contributed by atoms with E-state index in [0.717, 1.165) is 19.6 Å². The Hall–Kier alpha value is -1.49. The van der Waals surface area contributed by atoms with Crippen LogP contribution in [0.1, 0.15) is 19.3 Å². The SMILES string of the molecule is O=C(CCN1CCCC1)Nc1ncccn1. The van der Waals surface area contributed by atoms with E-state index in [9.17, 15) is 4.79 Å². The zero-order valence-electron chi connectivity index (χ0n) is 9.22. The fourth-order valence-electron chi connectivity index (χ4n) is 1.82. The maximum Gasteiger partial charge on any atom is 0.229 e. The van der Waals surface area contributed by atoms with E-state index in [1.165, 1.54) is 12.8 Å². The lowest BCUT2D eigenvalue weighted by molar-refractivity contribution is -0.116. The Balaban J connectivity index is 1.72. The molecule has 1 aromatic rings. The van der Waals surface area contributed by atoms with Crippen LogP contribution < -0.4 is 5.32 Å². The quantitative estimate of drug-likeness (QED) is 0.819. The number of nitrogens with one attached hydrogen (secondary N) is 1. The van der Waals surface area contributed by atoms with E-state index in [-0.39, 0.29) is 5.91 Å². The van der Waals surface area contributed by atoms with Gasteiger partial charge in [0, 0.05) is 25.4 Å². The smallest absolute Gasteiger partial charge is 0.229 e. The number of likely N-dealkylation sites (tertiary alicyclic amines) is 1. The number of aromatic nitrogens is 2. The summed E-state index contributed by atoms with van der Waals surface area (Å²) in [5.74, 6) is 0.368. The van der Waals surface area contributed by atoms with Gasteiger partial charge in [0.2, 0.25) is 11.9 Å². The zero-order valence-corrected chi connectivity index (χ0v) is 9.22. The average molecular weight is 220 g/mol. The van der Waals surface area contributed by atoms with Crippen molar-refractivity contribution in [2.45, 2.75) is 19.3 Å². The molecule has 0 spiro atoms. The Morgan fingerprint density at radius 2 is 2.00 bits per heavy atom. The highest BCUT2D eigenvalue weighted by Gasteiger charge is 2.13. The molecule has 0 unspecified atom stereocenters. The molecule has 0 atom stereocenters. The third-order valence-corrected chi connectivity index (χ3v) is 2.67. The van der Waals surface area contributed by atoms with Gasteiger partial charge in [0.05, 0.1) is 0 Å². The molecule has 5 nitrogen and oxygen atoms in total. The molecule has 1 amide bonds. The number of carbonyl (C=O) groups is 1. The van der Waals surface area contributed by atoms with Crippen LogP contribution in [0.2, 0.25) is 0 Å². The highest BCUT2D eigenvalue weighted by atomic mass is 16.1. The monoisotopic (exact) mass is 220 g/mol. The van der Waals surface area contributed by atoms with Crippen LogP contribution >= 0.6 is 0 Å². The molecule has 0 saturated carbocycles. The number of nitrogens with zero attached hydrogens (tertiary/aromatic N) is 3. The zero-order chi connectivity index (χ0) is 11.2. The molecule has 0 radical (unpaired) electrons. The Morgan fingerprint density at radius 3 is 2.69 bits per heavy atom. The van der Waals surface area contributed by atoms with Crippen LogP contribution in [-0.2, 0) is 4.79 Å². The van der Waals surface area contributed by atoms with E-state index in [4.69, 9.17) is 0 Å². The first kappa shape index (κ1) is 11.0. The van der Waals surface area contributed by atoms with Gasteiger partial charge in [-0.25, -0.2) is 9.97 Å². The first-order chi connectivity index (χ1) is 7.84. The average Bonchev–Trinajstić information content (AvgIpc) is 2.81. The minimum atomic E-state index is -0.0156. The lowest BCUT2D eigenvalue weighted by Gasteiger charge is -2.13. The Labute approximate surface area is 94.9 Å². The maximum atomic E-state index is 11.6. The predicted molar refractivity (Wildman–Crippen MR) is 61.0 cm³/mol. The molecular weight excluding hydrogens is 204 g/mol. The van der Waals surface area contributed by atoms with Crippen molar-refractivity contribution in [1.82, 2.24) is 14.9 Å². The van der Waals surface area contributed by atoms with Gasteiger partial charge in [0.25, 0.3) is 0 Å². The molecule has 2 heterocycles. The Kier molecular flexibility index (Phi) is 3.82. The lowest BCUT2D eigenvalue weighted by atomic mass is 10.3. The topological polar surface area (TPSA) is 58.1 Å². The molecule has 1 saturated heterocycles. The van der Waals surface area contributed by atoms with Crippen LogP contribution in [-0.4, -0.2) is 40.4 Å². The third-order valence-electron chi connectivity index (χ3n) is 2.67. The van der Waals surface area contributed by atoms with Crippen LogP contribution in [0.15, 0.2) is 18.5 Å². The van der Waals surface area contributed by atoms with Gasteiger partial charge in [-0.3, -0.25) is 10.1 Å². The molecule has 0 aliphatic carbocycles. The normalized spacial score (nSPS) is 16.2. The number of hydrogen-bond acceptors (Lipinski definition) is 4. The van der Waals surface area contributed by atoms with Crippen molar-refractivity contribution in [1.29, 1.82) is 0 Å². The van der Waals surface area contributed by atoms with Crippen LogP contribution in [0, 0.1) is 0 Å². The summed E-state index contributed by atoms with van der Waals surface area (Å²) in [6.07, 6.45) is 6.25. The molecule has 0 aromatic carbocycles. The molecule has 1 aliphatic rings. The van der Waals surface area contributed by atoms with Gasteiger partial charge in [0.1, 0.15) is 0 Å². The van der Waals surface area contributed by atoms with Gasteiger partial charge in [-0.05, 0) is 32.0 Å². The standard InChI is InChI=1S/C11H16N4O/c16-10(4-9-15-7-1-2-8-15)14-11-12-5-3-6-13-11/h3,5-6H,1-2,4,7-9H2,(H,12,13,14,16). The molecule has 1 aliphatic heterocycles. The van der Waals surface area contributed by atoms with Crippen LogP contribution in [0.5, 0.6) is 0 Å². The van der Waals surface area contributed by atoms with Crippen molar-refractivity contribution in [2.75, 3.05) is 25.0 Å². The van der Waals surface area contributed by atoms with Crippen LogP contribution in [0.4, 0.5) is 5.95 Å². The highest BCUT2D eigenvalue weighted by Crippen LogP contribution is 2.07. The fraction of sp³-hybridized carbons (Fsp3) is 0.545. The summed E-state index contributed by atoms with van der Waals surface area (Å²) in [7, 11) is 0. The maximum absolute atomic E-state index is 11.6. The molecule has 1 fully saturated rings. The number of hydrogen-bond donors (Lipinski definition) is 1. The molecule has 1 aromatic heterocycles. The van der Waals surface area contributed by atoms with Crippen molar-refractivity contribution in [2.24, 2.45) is 0 Å². The second kappa shape index (κ2) is 5.55.